The Morgan fingerprint density at radius 3 is 2.17 bits per heavy atom. The summed E-state index contributed by atoms with van der Waals surface area (Å²) in [7, 11) is 3.22. The Bertz CT molecular complexity index is 1410. The molecule has 0 saturated heterocycles. The molecular weight excluding hydrogens is 556 g/mol. The van der Waals surface area contributed by atoms with Crippen molar-refractivity contribution in [1.29, 1.82) is 0 Å². The molecule has 222 valence electrons. The van der Waals surface area contributed by atoms with Crippen molar-refractivity contribution in [2.45, 2.75) is 51.0 Å². The lowest BCUT2D eigenvalue weighted by atomic mass is 9.77. The molecule has 3 aromatic carbocycles. The van der Waals surface area contributed by atoms with E-state index in [1.54, 1.807) is 26.4 Å². The summed E-state index contributed by atoms with van der Waals surface area (Å²) < 4.78 is 11.0. The molecule has 3 aromatic rings. The number of carbonyl (C=O) groups excluding carboxylic acids is 2. The quantitative estimate of drug-likeness (QED) is 0.275. The van der Waals surface area contributed by atoms with Crippen LogP contribution in [-0.2, 0) is 22.6 Å². The molecule has 1 heterocycles. The zero-order valence-electron chi connectivity index (χ0n) is 24.2. The number of carboxylic acid groups (broad SMARTS) is 1. The number of aliphatic carboxylic acids is 1. The molecule has 8 nitrogen and oxygen atoms in total. The van der Waals surface area contributed by atoms with Gasteiger partial charge in [0.25, 0.3) is 5.91 Å². The van der Waals surface area contributed by atoms with Crippen molar-refractivity contribution in [2.24, 2.45) is 0 Å². The van der Waals surface area contributed by atoms with Crippen LogP contribution in [0, 0.1) is 0 Å². The van der Waals surface area contributed by atoms with Crippen LogP contribution in [-0.4, -0.2) is 55.1 Å². The fourth-order valence-corrected chi connectivity index (χ4v) is 5.71. The van der Waals surface area contributed by atoms with Crippen molar-refractivity contribution in [3.05, 3.63) is 93.5 Å². The van der Waals surface area contributed by atoms with Crippen LogP contribution in [0.15, 0.2) is 60.7 Å². The Kier molecular flexibility index (Phi) is 10.5. The Hall–Kier alpha value is -4.04. The van der Waals surface area contributed by atoms with Gasteiger partial charge in [0.2, 0.25) is 5.91 Å². The summed E-state index contributed by atoms with van der Waals surface area (Å²) in [6, 6.07) is 18.7. The van der Waals surface area contributed by atoms with Crippen molar-refractivity contribution in [2.75, 3.05) is 27.3 Å². The first-order chi connectivity index (χ1) is 20.2. The number of nitrogens with one attached hydrogen (secondary N) is 1. The second-order valence-corrected chi connectivity index (χ2v) is 10.9. The molecule has 4 rings (SSSR count). The smallest absolute Gasteiger partial charge is 0.305 e. The Balaban J connectivity index is 1.64. The fraction of sp³-hybridized carbons (Fsp3) is 0.364. The van der Waals surface area contributed by atoms with Crippen LogP contribution in [0.4, 0.5) is 0 Å². The number of fused-ring (bicyclic) bond motifs is 1. The van der Waals surface area contributed by atoms with Crippen LogP contribution in [0.2, 0.25) is 5.02 Å². The highest BCUT2D eigenvalue weighted by Gasteiger charge is 2.35. The van der Waals surface area contributed by atoms with Gasteiger partial charge in [-0.1, -0.05) is 49.2 Å². The van der Waals surface area contributed by atoms with E-state index in [1.807, 2.05) is 53.4 Å². The van der Waals surface area contributed by atoms with Gasteiger partial charge in [-0.2, -0.15) is 0 Å². The van der Waals surface area contributed by atoms with Crippen LogP contribution >= 0.6 is 11.6 Å². The van der Waals surface area contributed by atoms with Gasteiger partial charge in [-0.05, 0) is 77.4 Å². The molecule has 0 saturated carbocycles. The maximum atomic E-state index is 14.4. The van der Waals surface area contributed by atoms with Gasteiger partial charge in [0.1, 0.15) is 0 Å². The van der Waals surface area contributed by atoms with Crippen molar-refractivity contribution < 1.29 is 29.0 Å². The highest BCUT2D eigenvalue weighted by molar-refractivity contribution is 6.30. The number of hydrogen-bond acceptors (Lipinski definition) is 5. The minimum absolute atomic E-state index is 0.0340. The first-order valence-electron chi connectivity index (χ1n) is 14.1. The Morgan fingerprint density at radius 2 is 1.57 bits per heavy atom. The highest BCUT2D eigenvalue weighted by Crippen LogP contribution is 2.40. The van der Waals surface area contributed by atoms with E-state index < -0.39 is 11.9 Å². The molecule has 0 aliphatic carbocycles. The van der Waals surface area contributed by atoms with Crippen LogP contribution in [0.3, 0.4) is 0 Å². The van der Waals surface area contributed by atoms with E-state index in [4.69, 9.17) is 26.2 Å². The maximum absolute atomic E-state index is 14.4. The van der Waals surface area contributed by atoms with Gasteiger partial charge in [-0.25, -0.2) is 0 Å². The number of rotatable bonds is 12. The normalized spacial score (nSPS) is 14.0. The van der Waals surface area contributed by atoms with Crippen molar-refractivity contribution in [1.82, 2.24) is 10.2 Å². The van der Waals surface area contributed by atoms with E-state index >= 15 is 0 Å². The molecule has 42 heavy (non-hydrogen) atoms. The lowest BCUT2D eigenvalue weighted by molar-refractivity contribution is -0.137. The molecule has 1 aliphatic rings. The summed E-state index contributed by atoms with van der Waals surface area (Å²) in [4.78, 5) is 39.7. The van der Waals surface area contributed by atoms with Crippen molar-refractivity contribution >= 4 is 29.4 Å². The lowest BCUT2D eigenvalue weighted by Crippen LogP contribution is -2.40. The zero-order valence-corrected chi connectivity index (χ0v) is 24.9. The Labute approximate surface area is 251 Å². The van der Waals surface area contributed by atoms with Crippen LogP contribution in [0.25, 0.3) is 0 Å². The standard InChI is InChI=1S/C33H37ClN2O6/c1-4-5-27(21-6-8-23(9-7-21)32(39)35-16-14-30(37)38)31(22-10-12-26(34)13-11-22)33(40)36-17-15-24-18-28(41-2)29(42-3)19-25(24)20-36/h6-13,18-19,27,31H,4-5,14-17,20H2,1-3H3,(H,35,39)(H,37,38). The summed E-state index contributed by atoms with van der Waals surface area (Å²) in [5.74, 6) is -0.556. The molecule has 2 unspecified atom stereocenters. The van der Waals surface area contributed by atoms with Crippen LogP contribution in [0.5, 0.6) is 11.5 Å². The summed E-state index contributed by atoms with van der Waals surface area (Å²) in [6.45, 7) is 3.20. The molecule has 2 N–H and O–H groups in total. The van der Waals surface area contributed by atoms with Gasteiger partial charge in [0.15, 0.2) is 11.5 Å². The monoisotopic (exact) mass is 592 g/mol. The number of hydrogen-bond donors (Lipinski definition) is 2. The van der Waals surface area contributed by atoms with E-state index in [1.165, 1.54) is 0 Å². The lowest BCUT2D eigenvalue weighted by Gasteiger charge is -2.35. The van der Waals surface area contributed by atoms with Crippen LogP contribution < -0.4 is 14.8 Å². The van der Waals surface area contributed by atoms with Gasteiger partial charge < -0.3 is 24.8 Å². The first-order valence-corrected chi connectivity index (χ1v) is 14.5. The molecule has 0 radical (unpaired) electrons. The van der Waals surface area contributed by atoms with E-state index in [2.05, 4.69) is 12.2 Å². The molecule has 9 heteroatoms. The van der Waals surface area contributed by atoms with E-state index in [-0.39, 0.29) is 30.7 Å². The second-order valence-electron chi connectivity index (χ2n) is 10.4. The molecule has 2 amide bonds. The van der Waals surface area contributed by atoms with Gasteiger partial charge in [0, 0.05) is 30.2 Å². The third kappa shape index (κ3) is 7.23. The van der Waals surface area contributed by atoms with E-state index in [0.29, 0.717) is 41.6 Å². The molecule has 0 fully saturated rings. The average molecular weight is 593 g/mol. The third-order valence-electron chi connectivity index (χ3n) is 7.75. The largest absolute Gasteiger partial charge is 0.493 e. The topological polar surface area (TPSA) is 105 Å². The van der Waals surface area contributed by atoms with Crippen molar-refractivity contribution in [3.63, 3.8) is 0 Å². The predicted octanol–water partition coefficient (Wildman–Crippen LogP) is 5.81. The minimum Gasteiger partial charge on any atom is -0.493 e. The molecular formula is C33H37ClN2O6. The first kappa shape index (κ1) is 30.9. The van der Waals surface area contributed by atoms with Crippen LogP contribution in [0.1, 0.15) is 70.6 Å². The van der Waals surface area contributed by atoms with Gasteiger partial charge in [-0.3, -0.25) is 14.4 Å². The number of nitrogens with zero attached hydrogens (tertiary/aromatic N) is 1. The van der Waals surface area contributed by atoms with Crippen molar-refractivity contribution in [3.8, 4) is 11.5 Å². The minimum atomic E-state index is -0.970. The number of halogens is 1. The third-order valence-corrected chi connectivity index (χ3v) is 8.00. The van der Waals surface area contributed by atoms with Gasteiger partial charge in [-0.15, -0.1) is 0 Å². The average Bonchev–Trinajstić information content (AvgIpc) is 3.00. The molecule has 0 aromatic heterocycles. The molecule has 0 bridgehead atoms. The predicted molar refractivity (Wildman–Crippen MR) is 162 cm³/mol. The second kappa shape index (κ2) is 14.2. The summed E-state index contributed by atoms with van der Waals surface area (Å²) >= 11 is 6.22. The fourth-order valence-electron chi connectivity index (χ4n) is 5.59. The number of amides is 2. The number of methoxy groups -OCH3 is 2. The summed E-state index contributed by atoms with van der Waals surface area (Å²) in [6.07, 6.45) is 2.19. The molecule has 1 aliphatic heterocycles. The zero-order chi connectivity index (χ0) is 30.2. The SMILES string of the molecule is CCCC(c1ccc(C(=O)NCCC(=O)O)cc1)C(C(=O)N1CCc2cc(OC)c(OC)cc2C1)c1ccc(Cl)cc1. The van der Waals surface area contributed by atoms with E-state index in [0.717, 1.165) is 35.1 Å². The Morgan fingerprint density at radius 1 is 0.952 bits per heavy atom. The summed E-state index contributed by atoms with van der Waals surface area (Å²) in [5.41, 5.74) is 4.45. The van der Waals surface area contributed by atoms with Gasteiger partial charge in [0.05, 0.1) is 26.6 Å². The maximum Gasteiger partial charge on any atom is 0.305 e. The number of ether oxygens (including phenoxy) is 2. The highest BCUT2D eigenvalue weighted by atomic mass is 35.5. The van der Waals surface area contributed by atoms with Gasteiger partial charge >= 0.3 is 5.97 Å². The summed E-state index contributed by atoms with van der Waals surface area (Å²) in [5, 5.41) is 12.1. The van der Waals surface area contributed by atoms with E-state index in [9.17, 15) is 14.4 Å². The number of benzene rings is 3. The number of carboxylic acids is 1. The molecule has 2 atom stereocenters. The number of carbonyl (C=O) groups is 3. The molecule has 0 spiro atoms.